The maximum atomic E-state index is 9.63. The second-order valence-corrected chi connectivity index (χ2v) is 6.16. The minimum atomic E-state index is -0.145. The molecule has 0 spiro atoms. The van der Waals surface area contributed by atoms with Crippen LogP contribution in [-0.2, 0) is 4.74 Å². The Labute approximate surface area is 113 Å². The van der Waals surface area contributed by atoms with Crippen LogP contribution in [0.25, 0.3) is 0 Å². The van der Waals surface area contributed by atoms with Crippen molar-refractivity contribution in [2.45, 2.75) is 84.4 Å². The summed E-state index contributed by atoms with van der Waals surface area (Å²) in [7, 11) is 0. The van der Waals surface area contributed by atoms with Gasteiger partial charge in [0.05, 0.1) is 12.2 Å². The summed E-state index contributed by atoms with van der Waals surface area (Å²) in [6.07, 6.45) is 3.91. The third-order valence-corrected chi connectivity index (χ3v) is 3.72. The van der Waals surface area contributed by atoms with Crippen LogP contribution in [0.1, 0.15) is 67.2 Å². The van der Waals surface area contributed by atoms with E-state index in [0.717, 1.165) is 32.3 Å². The van der Waals surface area contributed by atoms with Crippen LogP contribution < -0.4 is 5.32 Å². The standard InChI is InChI=1S/C15H33NO2/c1-7-14(5,6)18-11-9-10-15(8-2,12-17)16-13(3)4/h13,16-17H,7-12H2,1-6H3. The Hall–Kier alpha value is -0.120. The van der Waals surface area contributed by atoms with Crippen LogP contribution in [0, 0.1) is 0 Å². The third-order valence-electron chi connectivity index (χ3n) is 3.72. The molecule has 0 saturated heterocycles. The molecule has 0 radical (unpaired) electrons. The Morgan fingerprint density at radius 1 is 1.17 bits per heavy atom. The van der Waals surface area contributed by atoms with Crippen molar-refractivity contribution in [2.24, 2.45) is 0 Å². The van der Waals surface area contributed by atoms with E-state index in [9.17, 15) is 5.11 Å². The third kappa shape index (κ3) is 6.72. The molecule has 0 fully saturated rings. The summed E-state index contributed by atoms with van der Waals surface area (Å²) in [5.41, 5.74) is -0.173. The lowest BCUT2D eigenvalue weighted by atomic mass is 9.90. The first-order chi connectivity index (χ1) is 8.31. The largest absolute Gasteiger partial charge is 0.394 e. The van der Waals surface area contributed by atoms with E-state index in [4.69, 9.17) is 4.74 Å². The minimum absolute atomic E-state index is 0.0282. The zero-order valence-electron chi connectivity index (χ0n) is 13.2. The summed E-state index contributed by atoms with van der Waals surface area (Å²) in [6.45, 7) is 13.7. The number of nitrogens with one attached hydrogen (secondary N) is 1. The van der Waals surface area contributed by atoms with Crippen molar-refractivity contribution in [2.75, 3.05) is 13.2 Å². The number of aliphatic hydroxyl groups is 1. The Morgan fingerprint density at radius 3 is 2.17 bits per heavy atom. The number of ether oxygens (including phenoxy) is 1. The van der Waals surface area contributed by atoms with Crippen molar-refractivity contribution in [3.63, 3.8) is 0 Å². The smallest absolute Gasteiger partial charge is 0.0623 e. The predicted octanol–water partition coefficient (Wildman–Crippen LogP) is 3.11. The predicted molar refractivity (Wildman–Crippen MR) is 77.9 cm³/mol. The van der Waals surface area contributed by atoms with E-state index in [-0.39, 0.29) is 17.7 Å². The maximum absolute atomic E-state index is 9.63. The highest BCUT2D eigenvalue weighted by molar-refractivity contribution is 4.87. The zero-order chi connectivity index (χ0) is 14.2. The van der Waals surface area contributed by atoms with Gasteiger partial charge in [-0.3, -0.25) is 0 Å². The van der Waals surface area contributed by atoms with Gasteiger partial charge in [-0.15, -0.1) is 0 Å². The molecule has 0 saturated carbocycles. The number of rotatable bonds is 10. The molecule has 3 nitrogen and oxygen atoms in total. The molecule has 0 aromatic heterocycles. The lowest BCUT2D eigenvalue weighted by Gasteiger charge is -2.35. The summed E-state index contributed by atoms with van der Waals surface area (Å²) in [6, 6.07) is 0.394. The summed E-state index contributed by atoms with van der Waals surface area (Å²) >= 11 is 0. The molecule has 0 bridgehead atoms. The molecular formula is C15H33NO2. The Morgan fingerprint density at radius 2 is 1.78 bits per heavy atom. The van der Waals surface area contributed by atoms with Gasteiger partial charge in [0.2, 0.25) is 0 Å². The first kappa shape index (κ1) is 17.9. The first-order valence-corrected chi connectivity index (χ1v) is 7.33. The minimum Gasteiger partial charge on any atom is -0.394 e. The molecule has 1 atom stereocenters. The lowest BCUT2D eigenvalue weighted by molar-refractivity contribution is -0.0251. The topological polar surface area (TPSA) is 41.5 Å². The summed E-state index contributed by atoms with van der Waals surface area (Å²) < 4.78 is 5.86. The lowest BCUT2D eigenvalue weighted by Crippen LogP contribution is -2.51. The van der Waals surface area contributed by atoms with Crippen molar-refractivity contribution in [3.8, 4) is 0 Å². The van der Waals surface area contributed by atoms with E-state index >= 15 is 0 Å². The quantitative estimate of drug-likeness (QED) is 0.592. The van der Waals surface area contributed by atoms with Crippen molar-refractivity contribution in [1.29, 1.82) is 0 Å². The molecule has 110 valence electrons. The van der Waals surface area contributed by atoms with E-state index < -0.39 is 0 Å². The molecule has 18 heavy (non-hydrogen) atoms. The summed E-state index contributed by atoms with van der Waals surface area (Å²) in [5, 5.41) is 13.1. The van der Waals surface area contributed by atoms with E-state index in [2.05, 4.69) is 46.9 Å². The van der Waals surface area contributed by atoms with Crippen LogP contribution in [0.15, 0.2) is 0 Å². The molecule has 0 aromatic rings. The number of hydrogen-bond donors (Lipinski definition) is 2. The van der Waals surface area contributed by atoms with Crippen LogP contribution in [-0.4, -0.2) is 35.5 Å². The molecular weight excluding hydrogens is 226 g/mol. The monoisotopic (exact) mass is 259 g/mol. The highest BCUT2D eigenvalue weighted by atomic mass is 16.5. The molecule has 0 amide bonds. The fourth-order valence-electron chi connectivity index (χ4n) is 2.06. The first-order valence-electron chi connectivity index (χ1n) is 7.33. The van der Waals surface area contributed by atoms with Gasteiger partial charge in [-0.1, -0.05) is 27.7 Å². The van der Waals surface area contributed by atoms with Crippen molar-refractivity contribution in [3.05, 3.63) is 0 Å². The van der Waals surface area contributed by atoms with Gasteiger partial charge < -0.3 is 15.2 Å². The summed E-state index contributed by atoms with van der Waals surface area (Å²) in [5.74, 6) is 0. The van der Waals surface area contributed by atoms with Crippen molar-refractivity contribution < 1.29 is 9.84 Å². The van der Waals surface area contributed by atoms with Crippen molar-refractivity contribution >= 4 is 0 Å². The molecule has 0 aromatic carbocycles. The fraction of sp³-hybridized carbons (Fsp3) is 1.00. The van der Waals surface area contributed by atoms with E-state index in [1.54, 1.807) is 0 Å². The SMILES string of the molecule is CCC(CO)(CCCOC(C)(C)CC)NC(C)C. The fourth-order valence-corrected chi connectivity index (χ4v) is 2.06. The summed E-state index contributed by atoms with van der Waals surface area (Å²) in [4.78, 5) is 0. The average Bonchev–Trinajstić information content (AvgIpc) is 2.32. The molecule has 0 rings (SSSR count). The van der Waals surface area contributed by atoms with Crippen LogP contribution in [0.4, 0.5) is 0 Å². The van der Waals surface area contributed by atoms with Gasteiger partial charge in [0.1, 0.15) is 0 Å². The molecule has 0 heterocycles. The van der Waals surface area contributed by atoms with Gasteiger partial charge >= 0.3 is 0 Å². The van der Waals surface area contributed by atoms with Gasteiger partial charge in [-0.2, -0.15) is 0 Å². The highest BCUT2D eigenvalue weighted by Crippen LogP contribution is 2.20. The average molecular weight is 259 g/mol. The zero-order valence-corrected chi connectivity index (χ0v) is 13.2. The second kappa shape index (κ2) is 8.13. The molecule has 3 heteroatoms. The van der Waals surface area contributed by atoms with Crippen molar-refractivity contribution in [1.82, 2.24) is 5.32 Å². The molecule has 0 aliphatic rings. The van der Waals surface area contributed by atoms with Gasteiger partial charge in [0.15, 0.2) is 0 Å². The Bertz CT molecular complexity index is 211. The van der Waals surface area contributed by atoms with E-state index in [0.29, 0.717) is 6.04 Å². The normalized spacial score (nSPS) is 16.0. The van der Waals surface area contributed by atoms with Crippen LogP contribution in [0.2, 0.25) is 0 Å². The number of aliphatic hydroxyl groups excluding tert-OH is 1. The van der Waals surface area contributed by atoms with Gasteiger partial charge in [-0.05, 0) is 39.5 Å². The van der Waals surface area contributed by atoms with E-state index in [1.807, 2.05) is 0 Å². The molecule has 0 aliphatic heterocycles. The van der Waals surface area contributed by atoms with Crippen LogP contribution in [0.5, 0.6) is 0 Å². The maximum Gasteiger partial charge on any atom is 0.0623 e. The second-order valence-electron chi connectivity index (χ2n) is 6.16. The van der Waals surface area contributed by atoms with Crippen LogP contribution in [0.3, 0.4) is 0 Å². The molecule has 1 unspecified atom stereocenters. The Balaban J connectivity index is 4.12. The Kier molecular flexibility index (Phi) is 8.08. The molecule has 2 N–H and O–H groups in total. The highest BCUT2D eigenvalue weighted by Gasteiger charge is 2.27. The van der Waals surface area contributed by atoms with Crippen LogP contribution >= 0.6 is 0 Å². The van der Waals surface area contributed by atoms with Gasteiger partial charge in [-0.25, -0.2) is 0 Å². The van der Waals surface area contributed by atoms with Gasteiger partial charge in [0.25, 0.3) is 0 Å². The van der Waals surface area contributed by atoms with E-state index in [1.165, 1.54) is 0 Å². The number of hydrogen-bond acceptors (Lipinski definition) is 3. The van der Waals surface area contributed by atoms with Gasteiger partial charge in [0, 0.05) is 18.2 Å². The molecule has 0 aliphatic carbocycles.